The molecule has 2 aliphatic rings. The van der Waals surface area contributed by atoms with Crippen LogP contribution >= 0.6 is 11.6 Å². The Morgan fingerprint density at radius 2 is 1.83 bits per heavy atom. The molecule has 36 heavy (non-hydrogen) atoms. The van der Waals surface area contributed by atoms with E-state index in [0.717, 1.165) is 30.8 Å². The van der Waals surface area contributed by atoms with E-state index in [1.807, 2.05) is 42.7 Å². The number of amides is 1. The van der Waals surface area contributed by atoms with Gasteiger partial charge >= 0.3 is 0 Å². The fraction of sp³-hybridized carbons (Fsp3) is 0.385. The number of piperidine rings is 1. The second-order valence-corrected chi connectivity index (χ2v) is 9.11. The van der Waals surface area contributed by atoms with E-state index in [0.29, 0.717) is 47.8 Å². The van der Waals surface area contributed by atoms with Crippen molar-refractivity contribution in [2.75, 3.05) is 20.2 Å². The van der Waals surface area contributed by atoms with E-state index in [-0.39, 0.29) is 22.6 Å². The van der Waals surface area contributed by atoms with Crippen LogP contribution in [0, 0.1) is 10.8 Å². The van der Waals surface area contributed by atoms with Crippen molar-refractivity contribution < 1.29 is 9.53 Å². The monoisotopic (exact) mass is 511 g/mol. The lowest BCUT2D eigenvalue weighted by molar-refractivity contribution is -0.131. The van der Waals surface area contributed by atoms with Crippen LogP contribution in [0.1, 0.15) is 57.0 Å². The summed E-state index contributed by atoms with van der Waals surface area (Å²) in [6.45, 7) is 11.0. The van der Waals surface area contributed by atoms with Crippen LogP contribution in [-0.2, 0) is 16.0 Å². The molecule has 1 fully saturated rings. The minimum atomic E-state index is -0.179. The molecule has 0 spiro atoms. The lowest BCUT2D eigenvalue weighted by atomic mass is 10.0. The largest absolute Gasteiger partial charge is 0.497 e. The molecule has 0 aromatic carbocycles. The van der Waals surface area contributed by atoms with Crippen molar-refractivity contribution in [1.29, 1.82) is 10.8 Å². The maximum Gasteiger partial charge on any atom is 0.226 e. The molecule has 1 amide bonds. The van der Waals surface area contributed by atoms with E-state index in [1.165, 1.54) is 4.68 Å². The Hall–Kier alpha value is -3.59. The molecule has 0 bridgehead atoms. The van der Waals surface area contributed by atoms with Gasteiger partial charge in [0.05, 0.1) is 17.8 Å². The van der Waals surface area contributed by atoms with Crippen molar-refractivity contribution in [2.24, 2.45) is 5.73 Å². The van der Waals surface area contributed by atoms with Gasteiger partial charge in [-0.2, -0.15) is 5.10 Å². The van der Waals surface area contributed by atoms with Gasteiger partial charge in [-0.05, 0) is 58.3 Å². The Labute approximate surface area is 217 Å². The number of methoxy groups -OCH3 is 1. The van der Waals surface area contributed by atoms with Gasteiger partial charge in [-0.3, -0.25) is 15.6 Å². The minimum absolute atomic E-state index is 0.148. The zero-order valence-electron chi connectivity index (χ0n) is 21.3. The van der Waals surface area contributed by atoms with Gasteiger partial charge < -0.3 is 20.3 Å². The van der Waals surface area contributed by atoms with Gasteiger partial charge in [-0.25, -0.2) is 4.68 Å². The Kier molecular flexibility index (Phi) is 8.57. The van der Waals surface area contributed by atoms with Gasteiger partial charge in [0.25, 0.3) is 0 Å². The molecule has 9 nitrogen and oxygen atoms in total. The molecule has 1 aromatic rings. The van der Waals surface area contributed by atoms with Crippen LogP contribution in [0.5, 0.6) is 0 Å². The van der Waals surface area contributed by atoms with E-state index in [9.17, 15) is 4.79 Å². The summed E-state index contributed by atoms with van der Waals surface area (Å²) in [6, 6.07) is 0. The average molecular weight is 512 g/mol. The maximum atomic E-state index is 12.2. The number of allylic oxidation sites excluding steroid dienone is 8. The summed E-state index contributed by atoms with van der Waals surface area (Å²) in [4.78, 5) is 15.9. The molecule has 3 heterocycles. The van der Waals surface area contributed by atoms with E-state index in [4.69, 9.17) is 32.9 Å². The number of fused-ring (bicyclic) bond motifs is 1. The van der Waals surface area contributed by atoms with Crippen LogP contribution in [-0.4, -0.2) is 57.4 Å². The summed E-state index contributed by atoms with van der Waals surface area (Å²) in [5.41, 5.74) is 9.40. The molecular weight excluding hydrogens is 478 g/mol. The fourth-order valence-corrected chi connectivity index (χ4v) is 4.52. The van der Waals surface area contributed by atoms with E-state index < -0.39 is 0 Å². The standard InChI is InChI=1S/C26H34ClN7O2/c1-6-19(36-5)15-21(27)18(4)34-24-20(23(31-34)25(28)29)12-14-33(26(24)30)17(3)11-10-16(2)32-13-8-7-9-22(32)35/h6,10-11,15,30H,4,7-9,12-14H2,1-3,5H3,(H3,28,29)/b16-10+,17-11+,19-6+,21-15+,30-26?. The predicted octanol–water partition coefficient (Wildman–Crippen LogP) is 4.31. The predicted molar refractivity (Wildman–Crippen MR) is 144 cm³/mol. The first kappa shape index (κ1) is 27.0. The fourth-order valence-electron chi connectivity index (χ4n) is 4.33. The SMILES string of the molecule is C=C(/C(Cl)=C\C(=C/C)OC)n1nc(C(=N)N)c2c1C(=N)N(/C(C)=C/C=C(\C)N1CCCCC1=O)CC2. The summed E-state index contributed by atoms with van der Waals surface area (Å²) in [5.74, 6) is 0.727. The molecule has 0 atom stereocenters. The molecule has 1 aromatic heterocycles. The molecule has 3 rings (SSSR count). The molecule has 192 valence electrons. The van der Waals surface area contributed by atoms with Crippen molar-refractivity contribution in [1.82, 2.24) is 19.6 Å². The second-order valence-electron chi connectivity index (χ2n) is 8.70. The number of carbonyl (C=O) groups excluding carboxylic acids is 1. The number of likely N-dealkylation sites (tertiary alicyclic amines) is 1. The van der Waals surface area contributed by atoms with Crippen LogP contribution in [0.25, 0.3) is 5.70 Å². The van der Waals surface area contributed by atoms with Gasteiger partial charge in [0.15, 0.2) is 5.84 Å². The number of nitrogens with zero attached hydrogens (tertiary/aromatic N) is 4. The van der Waals surface area contributed by atoms with Crippen molar-refractivity contribution in [3.63, 3.8) is 0 Å². The summed E-state index contributed by atoms with van der Waals surface area (Å²) >= 11 is 6.53. The number of aromatic nitrogens is 2. The first-order valence-electron chi connectivity index (χ1n) is 11.9. The molecule has 1 saturated heterocycles. The van der Waals surface area contributed by atoms with Gasteiger partial charge in [0.2, 0.25) is 5.91 Å². The topological polar surface area (TPSA) is 124 Å². The highest BCUT2D eigenvalue weighted by Gasteiger charge is 2.32. The van der Waals surface area contributed by atoms with Crippen LogP contribution < -0.4 is 5.73 Å². The zero-order valence-corrected chi connectivity index (χ0v) is 22.1. The van der Waals surface area contributed by atoms with E-state index in [2.05, 4.69) is 11.7 Å². The number of nitrogens with two attached hydrogens (primary N) is 1. The molecule has 0 saturated carbocycles. The highest BCUT2D eigenvalue weighted by molar-refractivity contribution is 6.35. The summed E-state index contributed by atoms with van der Waals surface area (Å²) in [5, 5.41) is 21.8. The first-order valence-corrected chi connectivity index (χ1v) is 12.2. The van der Waals surface area contributed by atoms with Gasteiger partial charge in [-0.1, -0.05) is 18.2 Å². The van der Waals surface area contributed by atoms with Crippen molar-refractivity contribution in [3.8, 4) is 0 Å². The average Bonchev–Trinajstić information content (AvgIpc) is 3.26. The lowest BCUT2D eigenvalue weighted by Gasteiger charge is -2.31. The molecule has 0 aliphatic carbocycles. The highest BCUT2D eigenvalue weighted by Crippen LogP contribution is 2.30. The zero-order chi connectivity index (χ0) is 26.6. The quantitative estimate of drug-likeness (QED) is 0.207. The second kappa shape index (κ2) is 11.4. The number of halogens is 1. The van der Waals surface area contributed by atoms with E-state index >= 15 is 0 Å². The molecule has 0 unspecified atom stereocenters. The van der Waals surface area contributed by atoms with Crippen LogP contribution in [0.15, 0.2) is 53.1 Å². The third-order valence-corrected chi connectivity index (χ3v) is 6.71. The van der Waals surface area contributed by atoms with Crippen LogP contribution in [0.2, 0.25) is 0 Å². The molecule has 4 N–H and O–H groups in total. The van der Waals surface area contributed by atoms with Gasteiger partial charge in [-0.15, -0.1) is 0 Å². The number of nitrogens with one attached hydrogen (secondary N) is 2. The van der Waals surface area contributed by atoms with Crippen molar-refractivity contribution >= 4 is 34.9 Å². The van der Waals surface area contributed by atoms with Crippen molar-refractivity contribution in [2.45, 2.75) is 46.5 Å². The highest BCUT2D eigenvalue weighted by atomic mass is 35.5. The van der Waals surface area contributed by atoms with Crippen molar-refractivity contribution in [3.05, 3.63) is 70.0 Å². The lowest BCUT2D eigenvalue weighted by Crippen LogP contribution is -2.38. The van der Waals surface area contributed by atoms with Gasteiger partial charge in [0.1, 0.15) is 23.0 Å². The smallest absolute Gasteiger partial charge is 0.226 e. The number of hydrogen-bond donors (Lipinski definition) is 3. The number of amidine groups is 2. The number of nitrogen functional groups attached to an aromatic ring is 1. The molecule has 2 aliphatic heterocycles. The molecule has 0 radical (unpaired) electrons. The minimum Gasteiger partial charge on any atom is -0.497 e. The normalized spacial score (nSPS) is 17.9. The van der Waals surface area contributed by atoms with Crippen LogP contribution in [0.3, 0.4) is 0 Å². The Morgan fingerprint density at radius 1 is 1.17 bits per heavy atom. The van der Waals surface area contributed by atoms with Crippen LogP contribution in [0.4, 0.5) is 0 Å². The van der Waals surface area contributed by atoms with E-state index in [1.54, 1.807) is 19.3 Å². The summed E-state index contributed by atoms with van der Waals surface area (Å²) in [6.07, 6.45) is 10.3. The molecular formula is C26H34ClN7O2. The number of hydrogen-bond acceptors (Lipinski definition) is 5. The Morgan fingerprint density at radius 3 is 2.42 bits per heavy atom. The summed E-state index contributed by atoms with van der Waals surface area (Å²) < 4.78 is 6.74. The Bertz CT molecular complexity index is 1220. The number of ether oxygens (including phenoxy) is 1. The number of carbonyl (C=O) groups is 1. The third-order valence-electron chi connectivity index (χ3n) is 6.38. The third kappa shape index (κ3) is 5.46. The molecule has 10 heteroatoms. The maximum absolute atomic E-state index is 12.2. The Balaban J connectivity index is 1.96. The number of rotatable bonds is 8. The summed E-state index contributed by atoms with van der Waals surface area (Å²) in [7, 11) is 1.54. The first-order chi connectivity index (χ1) is 17.1. The van der Waals surface area contributed by atoms with Gasteiger partial charge in [0, 0.05) is 42.5 Å².